The second kappa shape index (κ2) is 7.97. The summed E-state index contributed by atoms with van der Waals surface area (Å²) in [5.41, 5.74) is 0. The van der Waals surface area contributed by atoms with Gasteiger partial charge in [-0.2, -0.15) is 26.7 Å². The van der Waals surface area contributed by atoms with Crippen molar-refractivity contribution in [1.29, 1.82) is 0 Å². The first kappa shape index (κ1) is 14.8. The Kier molecular flexibility index (Phi) is 6.56. The molecule has 0 saturated heterocycles. The van der Waals surface area contributed by atoms with E-state index in [9.17, 15) is 0 Å². The van der Waals surface area contributed by atoms with Crippen molar-refractivity contribution in [2.75, 3.05) is 54.7 Å². The molecular formula is C11H22N6S. The van der Waals surface area contributed by atoms with Gasteiger partial charge in [0.2, 0.25) is 17.8 Å². The average molecular weight is 270 g/mol. The van der Waals surface area contributed by atoms with Gasteiger partial charge in [-0.25, -0.2) is 0 Å². The lowest BCUT2D eigenvalue weighted by atomic mass is 10.5. The summed E-state index contributed by atoms with van der Waals surface area (Å²) in [7, 11) is 5.63. The lowest BCUT2D eigenvalue weighted by Gasteiger charge is -2.13. The van der Waals surface area contributed by atoms with E-state index in [2.05, 4.69) is 32.5 Å². The maximum absolute atomic E-state index is 4.34. The second-order valence-corrected chi connectivity index (χ2v) is 5.30. The molecule has 18 heavy (non-hydrogen) atoms. The highest BCUT2D eigenvalue weighted by Gasteiger charge is 2.06. The van der Waals surface area contributed by atoms with Crippen LogP contribution in [0.5, 0.6) is 0 Å². The number of hydrogen-bond donors (Lipinski definition) is 2. The van der Waals surface area contributed by atoms with Crippen molar-refractivity contribution in [2.24, 2.45) is 0 Å². The third kappa shape index (κ3) is 4.95. The molecule has 1 aromatic heterocycles. The van der Waals surface area contributed by atoms with E-state index in [0.717, 1.165) is 18.7 Å². The maximum Gasteiger partial charge on any atom is 0.231 e. The third-order valence-electron chi connectivity index (χ3n) is 2.20. The van der Waals surface area contributed by atoms with Crippen LogP contribution in [0.3, 0.4) is 0 Å². The zero-order valence-corrected chi connectivity index (χ0v) is 12.3. The van der Waals surface area contributed by atoms with Crippen LogP contribution in [0.1, 0.15) is 13.3 Å². The van der Waals surface area contributed by atoms with Crippen molar-refractivity contribution in [3.05, 3.63) is 0 Å². The number of hydrogen-bond acceptors (Lipinski definition) is 7. The van der Waals surface area contributed by atoms with Crippen molar-refractivity contribution in [3.63, 3.8) is 0 Å². The predicted molar refractivity (Wildman–Crippen MR) is 79.8 cm³/mol. The summed E-state index contributed by atoms with van der Waals surface area (Å²) in [5.74, 6) is 4.19. The molecule has 0 aliphatic carbocycles. The average Bonchev–Trinajstić information content (AvgIpc) is 2.38. The van der Waals surface area contributed by atoms with Crippen molar-refractivity contribution < 1.29 is 0 Å². The molecule has 0 radical (unpaired) electrons. The number of nitrogens with zero attached hydrogens (tertiary/aromatic N) is 4. The number of nitrogens with one attached hydrogen (secondary N) is 2. The summed E-state index contributed by atoms with van der Waals surface area (Å²) in [6, 6.07) is 0. The molecule has 6 nitrogen and oxygen atoms in total. The molecule has 1 rings (SSSR count). The molecule has 0 bridgehead atoms. The minimum Gasteiger partial charge on any atom is -0.357 e. The Bertz CT molecular complexity index is 357. The van der Waals surface area contributed by atoms with Crippen LogP contribution in [0.25, 0.3) is 0 Å². The highest BCUT2D eigenvalue weighted by atomic mass is 32.2. The fourth-order valence-corrected chi connectivity index (χ4v) is 1.91. The summed E-state index contributed by atoms with van der Waals surface area (Å²) in [6.45, 7) is 3.06. The number of aromatic nitrogens is 3. The van der Waals surface area contributed by atoms with Crippen LogP contribution in [-0.2, 0) is 0 Å². The smallest absolute Gasteiger partial charge is 0.231 e. The molecule has 7 heteroatoms. The van der Waals surface area contributed by atoms with Gasteiger partial charge in [-0.1, -0.05) is 6.92 Å². The van der Waals surface area contributed by atoms with E-state index >= 15 is 0 Å². The van der Waals surface area contributed by atoms with E-state index in [-0.39, 0.29) is 0 Å². The van der Waals surface area contributed by atoms with Crippen LogP contribution in [-0.4, -0.2) is 54.1 Å². The Morgan fingerprint density at radius 2 is 1.89 bits per heavy atom. The molecule has 0 aliphatic heterocycles. The Morgan fingerprint density at radius 3 is 2.50 bits per heavy atom. The molecule has 1 aromatic rings. The molecule has 0 saturated carbocycles. The van der Waals surface area contributed by atoms with Crippen LogP contribution in [0, 0.1) is 0 Å². The van der Waals surface area contributed by atoms with Crippen LogP contribution >= 0.6 is 11.8 Å². The third-order valence-corrected chi connectivity index (χ3v) is 3.19. The normalized spacial score (nSPS) is 10.2. The SMILES string of the molecule is CCSCCCNc1nc(NC)nc(N(C)C)n1. The summed E-state index contributed by atoms with van der Waals surface area (Å²) in [4.78, 5) is 14.7. The first-order valence-corrected chi connectivity index (χ1v) is 7.25. The molecule has 2 N–H and O–H groups in total. The predicted octanol–water partition coefficient (Wildman–Crippen LogP) is 1.53. The van der Waals surface area contributed by atoms with E-state index in [4.69, 9.17) is 0 Å². The van der Waals surface area contributed by atoms with Gasteiger partial charge in [-0.05, 0) is 17.9 Å². The molecular weight excluding hydrogens is 248 g/mol. The summed E-state index contributed by atoms with van der Waals surface area (Å²) in [5, 5.41) is 6.17. The van der Waals surface area contributed by atoms with Crippen LogP contribution in [0.2, 0.25) is 0 Å². The molecule has 0 spiro atoms. The van der Waals surface area contributed by atoms with Gasteiger partial charge in [0.15, 0.2) is 0 Å². The molecule has 0 atom stereocenters. The molecule has 0 fully saturated rings. The number of rotatable bonds is 8. The topological polar surface area (TPSA) is 66.0 Å². The molecule has 0 unspecified atom stereocenters. The van der Waals surface area contributed by atoms with Crippen molar-refractivity contribution in [1.82, 2.24) is 15.0 Å². The van der Waals surface area contributed by atoms with Gasteiger partial charge in [-0.3, -0.25) is 0 Å². The minimum absolute atomic E-state index is 0.583. The van der Waals surface area contributed by atoms with Gasteiger partial charge in [0.05, 0.1) is 0 Å². The van der Waals surface area contributed by atoms with Gasteiger partial charge in [0, 0.05) is 27.7 Å². The van der Waals surface area contributed by atoms with E-state index in [1.807, 2.05) is 30.8 Å². The quantitative estimate of drug-likeness (QED) is 0.694. The van der Waals surface area contributed by atoms with Crippen LogP contribution in [0.15, 0.2) is 0 Å². The summed E-state index contributed by atoms with van der Waals surface area (Å²) < 4.78 is 0. The van der Waals surface area contributed by atoms with Gasteiger partial charge >= 0.3 is 0 Å². The summed E-state index contributed by atoms with van der Waals surface area (Å²) in [6.07, 6.45) is 1.11. The Labute approximate surface area is 113 Å². The van der Waals surface area contributed by atoms with Crippen molar-refractivity contribution in [2.45, 2.75) is 13.3 Å². The van der Waals surface area contributed by atoms with E-state index in [1.165, 1.54) is 5.75 Å². The Hall–Kier alpha value is -1.24. The first-order valence-electron chi connectivity index (χ1n) is 6.10. The fraction of sp³-hybridized carbons (Fsp3) is 0.727. The fourth-order valence-electron chi connectivity index (χ4n) is 1.27. The van der Waals surface area contributed by atoms with Gasteiger partial charge in [0.25, 0.3) is 0 Å². The highest BCUT2D eigenvalue weighted by molar-refractivity contribution is 7.99. The van der Waals surface area contributed by atoms with E-state index in [0.29, 0.717) is 17.8 Å². The van der Waals surface area contributed by atoms with Crippen LogP contribution < -0.4 is 15.5 Å². The van der Waals surface area contributed by atoms with Crippen molar-refractivity contribution in [3.8, 4) is 0 Å². The zero-order chi connectivity index (χ0) is 13.4. The second-order valence-electron chi connectivity index (χ2n) is 3.90. The Balaban J connectivity index is 2.56. The first-order chi connectivity index (χ1) is 8.67. The number of thioether (sulfide) groups is 1. The summed E-state index contributed by atoms with van der Waals surface area (Å²) >= 11 is 1.95. The number of anilines is 3. The Morgan fingerprint density at radius 1 is 1.17 bits per heavy atom. The maximum atomic E-state index is 4.34. The zero-order valence-electron chi connectivity index (χ0n) is 11.5. The largest absolute Gasteiger partial charge is 0.357 e. The van der Waals surface area contributed by atoms with Gasteiger partial charge in [-0.15, -0.1) is 0 Å². The van der Waals surface area contributed by atoms with Gasteiger partial charge in [0.1, 0.15) is 0 Å². The lowest BCUT2D eigenvalue weighted by Crippen LogP contribution is -2.17. The van der Waals surface area contributed by atoms with E-state index in [1.54, 1.807) is 7.05 Å². The molecule has 102 valence electrons. The van der Waals surface area contributed by atoms with Crippen molar-refractivity contribution >= 4 is 29.6 Å². The lowest BCUT2D eigenvalue weighted by molar-refractivity contribution is 0.922. The van der Waals surface area contributed by atoms with Crippen LogP contribution in [0.4, 0.5) is 17.8 Å². The molecule has 1 heterocycles. The van der Waals surface area contributed by atoms with Gasteiger partial charge < -0.3 is 15.5 Å². The highest BCUT2D eigenvalue weighted by Crippen LogP contribution is 2.11. The molecule has 0 aliphatic rings. The molecule has 0 amide bonds. The van der Waals surface area contributed by atoms with E-state index < -0.39 is 0 Å². The monoisotopic (exact) mass is 270 g/mol. The minimum atomic E-state index is 0.583. The molecule has 0 aromatic carbocycles. The standard InChI is InChI=1S/C11H22N6S/c1-5-18-8-6-7-13-10-14-9(12-2)15-11(16-10)17(3)4/h5-8H2,1-4H3,(H2,12,13,14,15,16).